The molecule has 19 heavy (non-hydrogen) atoms. The number of fused-ring (bicyclic) bond motifs is 1. The molecule has 2 heterocycles. The lowest BCUT2D eigenvalue weighted by Crippen LogP contribution is -2.52. The molecule has 0 amide bonds. The first-order valence-electron chi connectivity index (χ1n) is 6.05. The SMILES string of the molecule is [B]c1ccc2c(c1)OCC(C1=NC([B])C([B])(C)N1)O2. The lowest BCUT2D eigenvalue weighted by molar-refractivity contribution is 0.133. The molecule has 0 bridgehead atoms. The van der Waals surface area contributed by atoms with E-state index in [2.05, 4.69) is 10.3 Å². The summed E-state index contributed by atoms with van der Waals surface area (Å²) in [6.45, 7) is 2.12. The van der Waals surface area contributed by atoms with E-state index in [1.807, 2.05) is 0 Å². The van der Waals surface area contributed by atoms with Crippen LogP contribution in [0.25, 0.3) is 0 Å². The number of ether oxygens (including phenoxy) is 2. The first-order chi connectivity index (χ1) is 8.95. The van der Waals surface area contributed by atoms with Crippen molar-refractivity contribution in [2.75, 3.05) is 6.61 Å². The first kappa shape index (κ1) is 12.5. The van der Waals surface area contributed by atoms with Gasteiger partial charge in [-0.2, -0.15) is 0 Å². The van der Waals surface area contributed by atoms with Crippen molar-refractivity contribution in [2.45, 2.75) is 24.4 Å². The van der Waals surface area contributed by atoms with Gasteiger partial charge >= 0.3 is 0 Å². The van der Waals surface area contributed by atoms with Gasteiger partial charge in [0.05, 0.1) is 0 Å². The number of hydrogen-bond acceptors (Lipinski definition) is 4. The second-order valence-corrected chi connectivity index (χ2v) is 4.99. The highest BCUT2D eigenvalue weighted by atomic mass is 16.6. The van der Waals surface area contributed by atoms with Gasteiger partial charge in [-0.25, -0.2) is 0 Å². The molecule has 0 spiro atoms. The summed E-state index contributed by atoms with van der Waals surface area (Å²) in [7, 11) is 17.5. The molecule has 0 fully saturated rings. The second-order valence-electron chi connectivity index (χ2n) is 4.99. The van der Waals surface area contributed by atoms with Gasteiger partial charge in [-0.05, 0) is 19.1 Å². The van der Waals surface area contributed by atoms with E-state index in [4.69, 9.17) is 33.0 Å². The molecule has 4 nitrogen and oxygen atoms in total. The van der Waals surface area contributed by atoms with Crippen LogP contribution in [0.3, 0.4) is 0 Å². The number of amidine groups is 1. The number of aliphatic imine (C=N–C) groups is 1. The molecular formula is C12H11B3N2O2. The monoisotopic (exact) mass is 248 g/mol. The van der Waals surface area contributed by atoms with Crippen LogP contribution >= 0.6 is 0 Å². The lowest BCUT2D eigenvalue weighted by atomic mass is 9.67. The van der Waals surface area contributed by atoms with Gasteiger partial charge in [0.2, 0.25) is 0 Å². The molecule has 1 N–H and O–H groups in total. The van der Waals surface area contributed by atoms with E-state index < -0.39 is 11.4 Å². The third kappa shape index (κ3) is 2.22. The Labute approximate surface area is 116 Å². The smallest absolute Gasteiger partial charge is 0.189 e. The van der Waals surface area contributed by atoms with Crippen LogP contribution in [0.1, 0.15) is 6.92 Å². The Morgan fingerprint density at radius 3 is 2.89 bits per heavy atom. The van der Waals surface area contributed by atoms with Gasteiger partial charge in [-0.3, -0.25) is 4.99 Å². The Kier molecular flexibility index (Phi) is 2.80. The molecule has 0 saturated carbocycles. The summed E-state index contributed by atoms with van der Waals surface area (Å²) in [4.78, 5) is 4.28. The largest absolute Gasteiger partial charge is 0.485 e. The molecule has 0 aromatic heterocycles. The number of benzene rings is 1. The Morgan fingerprint density at radius 2 is 2.21 bits per heavy atom. The Morgan fingerprint density at radius 1 is 1.42 bits per heavy atom. The average molecular weight is 248 g/mol. The van der Waals surface area contributed by atoms with Crippen LogP contribution in [-0.4, -0.2) is 53.5 Å². The summed E-state index contributed by atoms with van der Waals surface area (Å²) in [5.74, 6) is 1.38. The molecule has 3 atom stereocenters. The maximum atomic E-state index is 5.97. The van der Waals surface area contributed by atoms with E-state index in [9.17, 15) is 0 Å². The molecule has 2 aliphatic rings. The van der Waals surface area contributed by atoms with Gasteiger partial charge in [0.1, 0.15) is 36.0 Å². The highest BCUT2D eigenvalue weighted by Crippen LogP contribution is 2.31. The summed E-state index contributed by atoms with van der Waals surface area (Å²) in [6.07, 6.45) is -0.340. The summed E-state index contributed by atoms with van der Waals surface area (Å²) in [5, 5.41) is 3.06. The van der Waals surface area contributed by atoms with Crippen molar-refractivity contribution in [3.05, 3.63) is 18.2 Å². The Balaban J connectivity index is 1.80. The third-order valence-corrected chi connectivity index (χ3v) is 3.22. The van der Waals surface area contributed by atoms with Crippen LogP contribution in [0.15, 0.2) is 23.2 Å². The van der Waals surface area contributed by atoms with Gasteiger partial charge < -0.3 is 14.8 Å². The Hall–Kier alpha value is -1.52. The fourth-order valence-electron chi connectivity index (χ4n) is 2.05. The minimum atomic E-state index is -0.764. The van der Waals surface area contributed by atoms with E-state index in [0.717, 1.165) is 0 Å². The Bertz CT molecular complexity index is 548. The maximum Gasteiger partial charge on any atom is 0.189 e. The summed E-state index contributed by atoms with van der Waals surface area (Å²) in [5.41, 5.74) is -0.131. The topological polar surface area (TPSA) is 42.8 Å². The van der Waals surface area contributed by atoms with Crippen molar-refractivity contribution in [1.29, 1.82) is 0 Å². The molecule has 3 rings (SSSR count). The maximum absolute atomic E-state index is 5.97. The van der Waals surface area contributed by atoms with Crippen molar-refractivity contribution in [3.63, 3.8) is 0 Å². The number of nitrogens with one attached hydrogen (secondary N) is 1. The number of hydrogen-bond donors (Lipinski definition) is 1. The quantitative estimate of drug-likeness (QED) is 0.648. The van der Waals surface area contributed by atoms with Crippen molar-refractivity contribution < 1.29 is 9.47 Å². The van der Waals surface area contributed by atoms with Crippen LogP contribution in [-0.2, 0) is 0 Å². The third-order valence-electron chi connectivity index (χ3n) is 3.22. The summed E-state index contributed by atoms with van der Waals surface area (Å²) in [6, 6.07) is 5.26. The molecular weight excluding hydrogens is 237 g/mol. The first-order valence-corrected chi connectivity index (χ1v) is 6.05. The molecule has 1 aromatic carbocycles. The minimum absolute atomic E-state index is 0.338. The van der Waals surface area contributed by atoms with Crippen molar-refractivity contribution in [1.82, 2.24) is 5.32 Å². The number of rotatable bonds is 1. The van der Waals surface area contributed by atoms with E-state index in [-0.39, 0.29) is 6.10 Å². The zero-order chi connectivity index (χ0) is 13.6. The van der Waals surface area contributed by atoms with Crippen LogP contribution in [0.4, 0.5) is 0 Å². The minimum Gasteiger partial charge on any atom is -0.485 e. The fraction of sp³-hybridized carbons (Fsp3) is 0.417. The van der Waals surface area contributed by atoms with Crippen LogP contribution in [0.2, 0.25) is 0 Å². The van der Waals surface area contributed by atoms with Crippen molar-refractivity contribution in [2.24, 2.45) is 4.99 Å². The molecule has 1 aromatic rings. The number of nitrogens with zero attached hydrogens (tertiary/aromatic N) is 1. The normalized spacial score (nSPS) is 32.6. The van der Waals surface area contributed by atoms with E-state index >= 15 is 0 Å². The predicted molar refractivity (Wildman–Crippen MR) is 76.0 cm³/mol. The van der Waals surface area contributed by atoms with Crippen LogP contribution < -0.4 is 20.3 Å². The predicted octanol–water partition coefficient (Wildman–Crippen LogP) is -0.999. The highest BCUT2D eigenvalue weighted by molar-refractivity contribution is 6.32. The van der Waals surface area contributed by atoms with Crippen LogP contribution in [0.5, 0.6) is 11.5 Å². The van der Waals surface area contributed by atoms with E-state index in [1.165, 1.54) is 0 Å². The highest BCUT2D eigenvalue weighted by Gasteiger charge is 2.37. The van der Waals surface area contributed by atoms with E-state index in [1.54, 1.807) is 25.1 Å². The van der Waals surface area contributed by atoms with Crippen LogP contribution in [0, 0.1) is 0 Å². The average Bonchev–Trinajstić information content (AvgIpc) is 2.63. The zero-order valence-corrected chi connectivity index (χ0v) is 10.6. The zero-order valence-electron chi connectivity index (χ0n) is 10.6. The standard InChI is InChI=1S/C12H11B3N2O2/c1-12(15)11(14)16-10(17-12)9-5-18-8-4-6(13)2-3-7(8)19-9/h2-4,9,11H,5H2,1H3,(H,16,17). The molecule has 0 aliphatic carbocycles. The molecule has 2 aliphatic heterocycles. The molecule has 0 saturated heterocycles. The van der Waals surface area contributed by atoms with Gasteiger partial charge in [0.25, 0.3) is 0 Å². The molecule has 3 unspecified atom stereocenters. The van der Waals surface area contributed by atoms with Gasteiger partial charge in [-0.1, -0.05) is 11.5 Å². The second kappa shape index (κ2) is 4.25. The molecule has 6 radical (unpaired) electrons. The van der Waals surface area contributed by atoms with E-state index in [0.29, 0.717) is 29.4 Å². The fourth-order valence-corrected chi connectivity index (χ4v) is 2.05. The molecule has 90 valence electrons. The summed E-state index contributed by atoms with van der Waals surface area (Å²) >= 11 is 0. The molecule has 7 heteroatoms. The lowest BCUT2D eigenvalue weighted by Gasteiger charge is -2.29. The van der Waals surface area contributed by atoms with Gasteiger partial charge in [-0.15, -0.1) is 0 Å². The van der Waals surface area contributed by atoms with Gasteiger partial charge in [0, 0.05) is 11.4 Å². The van der Waals surface area contributed by atoms with Gasteiger partial charge in [0.15, 0.2) is 17.6 Å². The summed E-state index contributed by atoms with van der Waals surface area (Å²) < 4.78 is 11.5. The van der Waals surface area contributed by atoms with Crippen molar-refractivity contribution in [3.8, 4) is 11.5 Å². The van der Waals surface area contributed by atoms with Crippen molar-refractivity contribution >= 4 is 34.8 Å².